The third kappa shape index (κ3) is 5.06. The fourth-order valence-electron chi connectivity index (χ4n) is 3.22. The summed E-state index contributed by atoms with van der Waals surface area (Å²) in [7, 11) is 0. The van der Waals surface area contributed by atoms with Crippen LogP contribution in [0, 0.1) is 11.2 Å². The summed E-state index contributed by atoms with van der Waals surface area (Å²) >= 11 is 5.98. The number of Topliss-reactive ketones (excluding diaryl/α,β-unsaturated/α-hetero) is 1. The van der Waals surface area contributed by atoms with Gasteiger partial charge in [0.1, 0.15) is 23.6 Å². The SMILES string of the molecule is O=C(CC1(C(=O)NCc2ccc(Oc3ccc(F)cc3Cl)cc2)CC1)c1cncnc1. The Balaban J connectivity index is 1.31. The molecule has 2 aromatic carbocycles. The maximum Gasteiger partial charge on any atom is 0.226 e. The maximum atomic E-state index is 13.1. The predicted octanol–water partition coefficient (Wildman–Crippen LogP) is 4.73. The Morgan fingerprint density at radius 3 is 2.45 bits per heavy atom. The van der Waals surface area contributed by atoms with E-state index in [0.29, 0.717) is 36.4 Å². The smallest absolute Gasteiger partial charge is 0.226 e. The zero-order valence-corrected chi connectivity index (χ0v) is 17.2. The van der Waals surface area contributed by atoms with Crippen LogP contribution in [0.2, 0.25) is 5.02 Å². The fourth-order valence-corrected chi connectivity index (χ4v) is 3.42. The van der Waals surface area contributed by atoms with Crippen molar-refractivity contribution in [3.63, 3.8) is 0 Å². The van der Waals surface area contributed by atoms with Crippen LogP contribution in [0.25, 0.3) is 0 Å². The minimum absolute atomic E-state index is 0.129. The van der Waals surface area contributed by atoms with E-state index in [4.69, 9.17) is 16.3 Å². The minimum Gasteiger partial charge on any atom is -0.456 e. The molecule has 0 spiro atoms. The molecule has 1 amide bonds. The van der Waals surface area contributed by atoms with Crippen molar-refractivity contribution >= 4 is 23.3 Å². The fraction of sp³-hybridized carbons (Fsp3) is 0.217. The second-order valence-electron chi connectivity index (χ2n) is 7.51. The Hall–Kier alpha value is -3.32. The van der Waals surface area contributed by atoms with E-state index in [1.54, 1.807) is 12.1 Å². The number of carbonyl (C=O) groups excluding carboxylic acids is 2. The van der Waals surface area contributed by atoms with E-state index in [-0.39, 0.29) is 23.1 Å². The van der Waals surface area contributed by atoms with E-state index in [1.165, 1.54) is 36.9 Å². The van der Waals surface area contributed by atoms with E-state index >= 15 is 0 Å². The minimum atomic E-state index is -0.644. The Morgan fingerprint density at radius 2 is 1.81 bits per heavy atom. The lowest BCUT2D eigenvalue weighted by Crippen LogP contribution is -2.33. The quantitative estimate of drug-likeness (QED) is 0.513. The van der Waals surface area contributed by atoms with Crippen molar-refractivity contribution in [3.05, 3.63) is 83.2 Å². The first-order valence-electron chi connectivity index (χ1n) is 9.74. The Kier molecular flexibility index (Phi) is 5.95. The lowest BCUT2D eigenvalue weighted by molar-refractivity contribution is -0.126. The first kappa shape index (κ1) is 20.9. The number of rotatable bonds is 8. The number of nitrogens with zero attached hydrogens (tertiary/aromatic N) is 2. The number of hydrogen-bond acceptors (Lipinski definition) is 5. The molecular formula is C23H19ClFN3O3. The van der Waals surface area contributed by atoms with Crippen LogP contribution in [0.1, 0.15) is 35.2 Å². The molecule has 1 heterocycles. The van der Waals surface area contributed by atoms with Crippen LogP contribution in [0.3, 0.4) is 0 Å². The van der Waals surface area contributed by atoms with E-state index in [1.807, 2.05) is 12.1 Å². The Morgan fingerprint density at radius 1 is 1.10 bits per heavy atom. The average Bonchev–Trinajstić information content (AvgIpc) is 3.56. The molecule has 1 N–H and O–H groups in total. The lowest BCUT2D eigenvalue weighted by atomic mass is 9.95. The zero-order valence-electron chi connectivity index (χ0n) is 16.5. The van der Waals surface area contributed by atoms with Crippen LogP contribution in [0.4, 0.5) is 4.39 Å². The van der Waals surface area contributed by atoms with Crippen LogP contribution < -0.4 is 10.1 Å². The molecule has 31 heavy (non-hydrogen) atoms. The average molecular weight is 440 g/mol. The summed E-state index contributed by atoms with van der Waals surface area (Å²) in [5, 5.41) is 3.10. The highest BCUT2D eigenvalue weighted by atomic mass is 35.5. The molecule has 0 radical (unpaired) electrons. The highest BCUT2D eigenvalue weighted by molar-refractivity contribution is 6.32. The Labute approximate surface area is 183 Å². The van der Waals surface area contributed by atoms with Crippen LogP contribution in [0.15, 0.2) is 61.2 Å². The van der Waals surface area contributed by atoms with Crippen molar-refractivity contribution in [1.29, 1.82) is 0 Å². The molecule has 8 heteroatoms. The van der Waals surface area contributed by atoms with E-state index in [9.17, 15) is 14.0 Å². The molecular weight excluding hydrogens is 421 g/mol. The van der Waals surface area contributed by atoms with Crippen molar-refractivity contribution in [2.45, 2.75) is 25.8 Å². The van der Waals surface area contributed by atoms with Crippen LogP contribution >= 0.6 is 11.6 Å². The van der Waals surface area contributed by atoms with Crippen LogP contribution in [0.5, 0.6) is 11.5 Å². The van der Waals surface area contributed by atoms with Gasteiger partial charge in [0.05, 0.1) is 16.0 Å². The summed E-state index contributed by atoms with van der Waals surface area (Å²) < 4.78 is 18.8. The van der Waals surface area contributed by atoms with Gasteiger partial charge in [-0.2, -0.15) is 0 Å². The summed E-state index contributed by atoms with van der Waals surface area (Å²) in [4.78, 5) is 32.8. The molecule has 1 aromatic heterocycles. The topological polar surface area (TPSA) is 81.2 Å². The summed E-state index contributed by atoms with van der Waals surface area (Å²) in [6.45, 7) is 0.334. The number of amides is 1. The first-order valence-corrected chi connectivity index (χ1v) is 10.1. The van der Waals surface area contributed by atoms with Gasteiger partial charge >= 0.3 is 0 Å². The first-order chi connectivity index (χ1) is 14.9. The highest BCUT2D eigenvalue weighted by Crippen LogP contribution is 2.49. The van der Waals surface area contributed by atoms with Gasteiger partial charge in [0.15, 0.2) is 5.78 Å². The van der Waals surface area contributed by atoms with Gasteiger partial charge in [0.2, 0.25) is 5.91 Å². The third-order valence-corrected chi connectivity index (χ3v) is 5.51. The summed E-state index contributed by atoms with van der Waals surface area (Å²) in [5.41, 5.74) is 0.651. The molecule has 0 atom stereocenters. The van der Waals surface area contributed by atoms with Gasteiger partial charge in [-0.25, -0.2) is 14.4 Å². The van der Waals surface area contributed by atoms with Gasteiger partial charge < -0.3 is 10.1 Å². The zero-order chi connectivity index (χ0) is 21.8. The van der Waals surface area contributed by atoms with E-state index in [2.05, 4.69) is 15.3 Å². The number of ether oxygens (including phenoxy) is 1. The van der Waals surface area contributed by atoms with Crippen LogP contribution in [-0.2, 0) is 11.3 Å². The maximum absolute atomic E-state index is 13.1. The molecule has 0 unspecified atom stereocenters. The second kappa shape index (κ2) is 8.81. The standard InChI is InChI=1S/C23H19ClFN3O3/c24-19-9-17(25)3-6-21(19)31-18-4-1-15(2-5-18)11-28-22(30)23(7-8-23)10-20(29)16-12-26-14-27-13-16/h1-6,9,12-14H,7-8,10-11H2,(H,28,30). The summed E-state index contributed by atoms with van der Waals surface area (Å²) in [5.74, 6) is 0.201. The molecule has 0 bridgehead atoms. The van der Waals surface area contributed by atoms with Gasteiger partial charge in [-0.05, 0) is 48.7 Å². The lowest BCUT2D eigenvalue weighted by Gasteiger charge is -2.15. The summed E-state index contributed by atoms with van der Waals surface area (Å²) in [6.07, 6.45) is 5.81. The summed E-state index contributed by atoms with van der Waals surface area (Å²) in [6, 6.07) is 11.0. The van der Waals surface area contributed by atoms with Crippen LogP contribution in [-0.4, -0.2) is 21.7 Å². The predicted molar refractivity (Wildman–Crippen MR) is 112 cm³/mol. The number of nitrogens with one attached hydrogen (secondary N) is 1. The molecule has 3 aromatic rings. The van der Waals surface area contributed by atoms with Gasteiger partial charge in [-0.3, -0.25) is 9.59 Å². The largest absolute Gasteiger partial charge is 0.456 e. The highest BCUT2D eigenvalue weighted by Gasteiger charge is 2.50. The van der Waals surface area contributed by atoms with Gasteiger partial charge in [0.25, 0.3) is 0 Å². The van der Waals surface area contributed by atoms with Gasteiger partial charge in [-0.15, -0.1) is 0 Å². The normalized spacial score (nSPS) is 14.0. The van der Waals surface area contributed by atoms with Gasteiger partial charge in [0, 0.05) is 25.4 Å². The third-order valence-electron chi connectivity index (χ3n) is 5.21. The molecule has 158 valence electrons. The van der Waals surface area contributed by atoms with Crippen molar-refractivity contribution in [2.75, 3.05) is 0 Å². The molecule has 0 aliphatic heterocycles. The molecule has 1 aliphatic carbocycles. The molecule has 0 saturated heterocycles. The second-order valence-corrected chi connectivity index (χ2v) is 7.92. The number of halogens is 2. The van der Waals surface area contributed by atoms with E-state index < -0.39 is 11.2 Å². The monoisotopic (exact) mass is 439 g/mol. The van der Waals surface area contributed by atoms with Crippen molar-refractivity contribution < 1.29 is 18.7 Å². The molecule has 1 fully saturated rings. The molecule has 4 rings (SSSR count). The number of benzene rings is 2. The molecule has 6 nitrogen and oxygen atoms in total. The van der Waals surface area contributed by atoms with Crippen molar-refractivity contribution in [1.82, 2.24) is 15.3 Å². The number of hydrogen-bond donors (Lipinski definition) is 1. The number of aromatic nitrogens is 2. The molecule has 1 saturated carbocycles. The van der Waals surface area contributed by atoms with Gasteiger partial charge in [-0.1, -0.05) is 23.7 Å². The number of ketones is 1. The van der Waals surface area contributed by atoms with Crippen molar-refractivity contribution in [2.24, 2.45) is 5.41 Å². The Bertz CT molecular complexity index is 1100. The van der Waals surface area contributed by atoms with E-state index in [0.717, 1.165) is 5.56 Å². The van der Waals surface area contributed by atoms with Crippen molar-refractivity contribution in [3.8, 4) is 11.5 Å². The molecule has 1 aliphatic rings. The number of carbonyl (C=O) groups is 2.